The van der Waals surface area contributed by atoms with Crippen molar-refractivity contribution in [3.63, 3.8) is 0 Å². The molecule has 0 saturated heterocycles. The molecule has 6 heteroatoms. The van der Waals surface area contributed by atoms with Crippen LogP contribution in [0.2, 0.25) is 0 Å². The average molecular weight is 212 g/mol. The number of carbonyl (C=O) groups excluding carboxylic acids is 1. The number of hydrogen-bond acceptors (Lipinski definition) is 1. The number of amides is 2. The highest BCUT2D eigenvalue weighted by molar-refractivity contribution is 5.73. The first-order chi connectivity index (χ1) is 6.37. The molecule has 84 valence electrons. The van der Waals surface area contributed by atoms with Gasteiger partial charge in [0.25, 0.3) is 0 Å². The first-order valence-electron chi connectivity index (χ1n) is 4.42. The van der Waals surface area contributed by atoms with Crippen molar-refractivity contribution >= 4 is 6.03 Å². The molecular weight excluding hydrogens is 197 g/mol. The van der Waals surface area contributed by atoms with Crippen molar-refractivity contribution in [1.29, 1.82) is 0 Å². The van der Waals surface area contributed by atoms with Crippen molar-refractivity contribution in [3.8, 4) is 0 Å². The quantitative estimate of drug-likeness (QED) is 0.759. The van der Waals surface area contributed by atoms with Crippen LogP contribution in [0.3, 0.4) is 0 Å². The van der Waals surface area contributed by atoms with Crippen LogP contribution >= 0.6 is 0 Å². The highest BCUT2D eigenvalue weighted by Crippen LogP contribution is 2.19. The lowest BCUT2D eigenvalue weighted by Gasteiger charge is -2.18. The van der Waals surface area contributed by atoms with E-state index in [1.165, 1.54) is 7.05 Å². The zero-order valence-electron chi connectivity index (χ0n) is 8.32. The molecule has 0 rings (SSSR count). The minimum absolute atomic E-state index is 0.307. The molecule has 0 fully saturated rings. The summed E-state index contributed by atoms with van der Waals surface area (Å²) in [5, 5.41) is 2.49. The standard InChI is InChI=1S/C8H15F3N2O/c1-3-5-12-7(14)13(2)6-4-8(9,10)11/h3-6H2,1-2H3,(H,12,14). The number of alkyl halides is 3. The lowest BCUT2D eigenvalue weighted by Crippen LogP contribution is -2.39. The molecule has 2 amide bonds. The number of carbonyl (C=O) groups is 1. The maximum absolute atomic E-state index is 11.8. The summed E-state index contributed by atoms with van der Waals surface area (Å²) in [5.74, 6) is 0. The lowest BCUT2D eigenvalue weighted by molar-refractivity contribution is -0.136. The highest BCUT2D eigenvalue weighted by Gasteiger charge is 2.27. The van der Waals surface area contributed by atoms with Gasteiger partial charge in [-0.15, -0.1) is 0 Å². The van der Waals surface area contributed by atoms with Gasteiger partial charge in [0.15, 0.2) is 0 Å². The SMILES string of the molecule is CCCNC(=O)N(C)CCC(F)(F)F. The van der Waals surface area contributed by atoms with Crippen LogP contribution in [0.25, 0.3) is 0 Å². The first kappa shape index (κ1) is 13.1. The van der Waals surface area contributed by atoms with Crippen molar-refractivity contribution in [2.24, 2.45) is 0 Å². The summed E-state index contributed by atoms with van der Waals surface area (Å²) in [6.45, 7) is 2.05. The molecule has 0 radical (unpaired) electrons. The van der Waals surface area contributed by atoms with Gasteiger partial charge >= 0.3 is 12.2 Å². The van der Waals surface area contributed by atoms with E-state index in [9.17, 15) is 18.0 Å². The number of hydrogen-bond donors (Lipinski definition) is 1. The molecule has 0 aromatic carbocycles. The van der Waals surface area contributed by atoms with E-state index in [0.29, 0.717) is 6.54 Å². The van der Waals surface area contributed by atoms with Crippen molar-refractivity contribution in [3.05, 3.63) is 0 Å². The number of urea groups is 1. The van der Waals surface area contributed by atoms with Gasteiger partial charge in [-0.2, -0.15) is 13.2 Å². The number of rotatable bonds is 4. The van der Waals surface area contributed by atoms with E-state index in [2.05, 4.69) is 5.32 Å². The fourth-order valence-electron chi connectivity index (χ4n) is 0.763. The molecule has 3 nitrogen and oxygen atoms in total. The Morgan fingerprint density at radius 2 is 2.00 bits per heavy atom. The summed E-state index contributed by atoms with van der Waals surface area (Å²) in [7, 11) is 1.34. The molecule has 0 atom stereocenters. The number of nitrogens with one attached hydrogen (secondary N) is 1. The molecular formula is C8H15F3N2O. The Morgan fingerprint density at radius 3 is 2.43 bits per heavy atom. The van der Waals surface area contributed by atoms with Crippen molar-refractivity contribution in [2.75, 3.05) is 20.1 Å². The second-order valence-corrected chi connectivity index (χ2v) is 3.02. The Kier molecular flexibility index (Phi) is 5.34. The van der Waals surface area contributed by atoms with E-state index < -0.39 is 18.6 Å². The van der Waals surface area contributed by atoms with Gasteiger partial charge in [0.05, 0.1) is 6.42 Å². The van der Waals surface area contributed by atoms with Gasteiger partial charge in [0, 0.05) is 20.1 Å². The van der Waals surface area contributed by atoms with Crippen LogP contribution in [-0.4, -0.2) is 37.2 Å². The normalized spacial score (nSPS) is 11.2. The van der Waals surface area contributed by atoms with Crippen LogP contribution < -0.4 is 5.32 Å². The van der Waals surface area contributed by atoms with Gasteiger partial charge in [-0.05, 0) is 6.42 Å². The molecule has 0 aliphatic heterocycles. The molecule has 0 aliphatic carbocycles. The maximum atomic E-state index is 11.8. The second-order valence-electron chi connectivity index (χ2n) is 3.02. The molecule has 0 unspecified atom stereocenters. The topological polar surface area (TPSA) is 32.3 Å². The summed E-state index contributed by atoms with van der Waals surface area (Å²) in [5.41, 5.74) is 0. The second kappa shape index (κ2) is 5.72. The van der Waals surface area contributed by atoms with Gasteiger partial charge in [-0.3, -0.25) is 0 Å². The van der Waals surface area contributed by atoms with E-state index >= 15 is 0 Å². The summed E-state index contributed by atoms with van der Waals surface area (Å²) >= 11 is 0. The van der Waals surface area contributed by atoms with Crippen LogP contribution in [0.4, 0.5) is 18.0 Å². The Morgan fingerprint density at radius 1 is 1.43 bits per heavy atom. The fourth-order valence-corrected chi connectivity index (χ4v) is 0.763. The van der Waals surface area contributed by atoms with Gasteiger partial charge in [-0.25, -0.2) is 4.79 Å². The van der Waals surface area contributed by atoms with Crippen LogP contribution in [0.5, 0.6) is 0 Å². The Labute approximate surface area is 81.3 Å². The number of halogens is 3. The number of nitrogens with zero attached hydrogens (tertiary/aromatic N) is 1. The third-order valence-electron chi connectivity index (χ3n) is 1.60. The summed E-state index contributed by atoms with van der Waals surface area (Å²) in [6, 6.07) is -0.462. The zero-order valence-corrected chi connectivity index (χ0v) is 8.32. The monoisotopic (exact) mass is 212 g/mol. The molecule has 0 aromatic rings. The molecule has 14 heavy (non-hydrogen) atoms. The maximum Gasteiger partial charge on any atom is 0.390 e. The molecule has 1 N–H and O–H groups in total. The molecule has 0 heterocycles. The third kappa shape index (κ3) is 6.56. The van der Waals surface area contributed by atoms with Crippen molar-refractivity contribution in [2.45, 2.75) is 25.9 Å². The average Bonchev–Trinajstić information content (AvgIpc) is 2.09. The van der Waals surface area contributed by atoms with Crippen LogP contribution in [0.15, 0.2) is 0 Å². The molecule has 0 bridgehead atoms. The van der Waals surface area contributed by atoms with Gasteiger partial charge < -0.3 is 10.2 Å². The molecule has 0 saturated carbocycles. The minimum atomic E-state index is -4.21. The van der Waals surface area contributed by atoms with E-state index in [-0.39, 0.29) is 6.54 Å². The smallest absolute Gasteiger partial charge is 0.338 e. The van der Waals surface area contributed by atoms with Crippen molar-refractivity contribution in [1.82, 2.24) is 10.2 Å². The largest absolute Gasteiger partial charge is 0.390 e. The first-order valence-corrected chi connectivity index (χ1v) is 4.42. The summed E-state index contributed by atoms with van der Waals surface area (Å²) in [4.78, 5) is 12.1. The fraction of sp³-hybridized carbons (Fsp3) is 0.875. The van der Waals surface area contributed by atoms with Crippen LogP contribution in [-0.2, 0) is 0 Å². The van der Waals surface area contributed by atoms with Gasteiger partial charge in [0.2, 0.25) is 0 Å². The van der Waals surface area contributed by atoms with Crippen LogP contribution in [0.1, 0.15) is 19.8 Å². The van der Waals surface area contributed by atoms with E-state index in [1.54, 1.807) is 0 Å². The lowest BCUT2D eigenvalue weighted by atomic mass is 10.4. The van der Waals surface area contributed by atoms with Gasteiger partial charge in [-0.1, -0.05) is 6.92 Å². The summed E-state index contributed by atoms with van der Waals surface area (Å²) in [6.07, 6.45) is -4.42. The Bertz CT molecular complexity index is 182. The Hall–Kier alpha value is -0.940. The minimum Gasteiger partial charge on any atom is -0.338 e. The third-order valence-corrected chi connectivity index (χ3v) is 1.60. The highest BCUT2D eigenvalue weighted by atomic mass is 19.4. The van der Waals surface area contributed by atoms with Crippen LogP contribution in [0, 0.1) is 0 Å². The molecule has 0 spiro atoms. The predicted octanol–water partition coefficient (Wildman–Crippen LogP) is 1.99. The predicted molar refractivity (Wildman–Crippen MR) is 47.0 cm³/mol. The van der Waals surface area contributed by atoms with Gasteiger partial charge in [0.1, 0.15) is 0 Å². The van der Waals surface area contributed by atoms with E-state index in [0.717, 1.165) is 11.3 Å². The zero-order chi connectivity index (χ0) is 11.2. The van der Waals surface area contributed by atoms with E-state index in [4.69, 9.17) is 0 Å². The Balaban J connectivity index is 3.73. The molecule has 0 aliphatic rings. The molecule has 0 aromatic heterocycles. The summed E-state index contributed by atoms with van der Waals surface area (Å²) < 4.78 is 35.3. The van der Waals surface area contributed by atoms with Crippen molar-refractivity contribution < 1.29 is 18.0 Å². The van der Waals surface area contributed by atoms with E-state index in [1.807, 2.05) is 6.92 Å².